The Kier molecular flexibility index (Phi) is 9.06. The number of hydrogen-bond donors (Lipinski definition) is 2. The molecule has 1 aromatic carbocycles. The Balaban J connectivity index is 1.42. The van der Waals surface area contributed by atoms with Crippen LogP contribution in [0.5, 0.6) is 5.75 Å². The first-order chi connectivity index (χ1) is 19.8. The van der Waals surface area contributed by atoms with Crippen molar-refractivity contribution in [1.82, 2.24) is 24.8 Å². The molecule has 3 aromatic rings. The first kappa shape index (κ1) is 29.2. The number of nitrogens with one attached hydrogen (secondary N) is 2. The zero-order valence-corrected chi connectivity index (χ0v) is 25.5. The predicted molar refractivity (Wildman–Crippen MR) is 168 cm³/mol. The van der Waals surface area contributed by atoms with Crippen molar-refractivity contribution in [2.75, 3.05) is 72.4 Å². The lowest BCUT2D eigenvalue weighted by atomic mass is 9.86. The molecule has 2 aliphatic heterocycles. The molecule has 1 unspecified atom stereocenters. The lowest BCUT2D eigenvalue weighted by Gasteiger charge is -2.28. The second-order valence-corrected chi connectivity index (χ2v) is 11.9. The molecule has 0 spiro atoms. The fraction of sp³-hybridized carbons (Fsp3) is 0.531. The van der Waals surface area contributed by atoms with Crippen molar-refractivity contribution in [2.24, 2.45) is 16.3 Å². The van der Waals surface area contributed by atoms with Gasteiger partial charge in [0.15, 0.2) is 17.4 Å². The number of hydrogen-bond acceptors (Lipinski definition) is 8. The number of rotatable bonds is 12. The fourth-order valence-electron chi connectivity index (χ4n) is 6.06. The zero-order valence-electron chi connectivity index (χ0n) is 25.5. The Morgan fingerprint density at radius 1 is 1.32 bits per heavy atom. The summed E-state index contributed by atoms with van der Waals surface area (Å²) in [6.07, 6.45) is 6.69. The number of aromatic nitrogens is 3. The molecule has 0 aliphatic carbocycles. The molecule has 2 N–H and O–H groups in total. The number of fused-ring (bicyclic) bond motifs is 2. The van der Waals surface area contributed by atoms with E-state index >= 15 is 0 Å². The average Bonchev–Trinajstić information content (AvgIpc) is 3.67. The standard InChI is InChI=1S/C32H45N7O2/c1-7-40-18-15-35-30-28-27(36-29(37-30)24-9-8-10-26-23(24)11-14-34-26)25(31(33-4)41-28)19-22(2)20-38(5)16-12-32(3)13-17-39(6)21-32/h8-11,14,19,22,34H,7,12-13,15-18,20-21H2,1-6H3,(H,35,36,37)/b25-19-,33-31?/t22-,32?/m0/s1. The molecule has 0 saturated carbocycles. The van der Waals surface area contributed by atoms with Gasteiger partial charge in [-0.3, -0.25) is 4.99 Å². The number of benzene rings is 1. The summed E-state index contributed by atoms with van der Waals surface area (Å²) in [5, 5.41) is 4.51. The van der Waals surface area contributed by atoms with Gasteiger partial charge in [0.1, 0.15) is 5.69 Å². The molecule has 0 bridgehead atoms. The number of aromatic amines is 1. The number of ether oxygens (including phenoxy) is 2. The molecule has 1 saturated heterocycles. The summed E-state index contributed by atoms with van der Waals surface area (Å²) in [6, 6.07) is 8.22. The quantitative estimate of drug-likeness (QED) is 0.296. The largest absolute Gasteiger partial charge is 0.432 e. The molecule has 2 aliphatic rings. The highest BCUT2D eigenvalue weighted by Gasteiger charge is 2.33. The van der Waals surface area contributed by atoms with E-state index in [-0.39, 0.29) is 5.92 Å². The Labute approximate surface area is 244 Å². The Morgan fingerprint density at radius 3 is 2.93 bits per heavy atom. The molecule has 5 rings (SSSR count). The molecule has 220 valence electrons. The summed E-state index contributed by atoms with van der Waals surface area (Å²) in [5.41, 5.74) is 4.13. The number of H-pyrrole nitrogens is 1. The molecule has 0 amide bonds. The predicted octanol–water partition coefficient (Wildman–Crippen LogP) is 5.18. The SMILES string of the molecule is CCOCCNc1nc(-c2cccc3[nH]ccc23)nc2c1OC(=NC)/C2=C\[C@H](C)CN(C)CCC1(C)CCN(C)C1. The van der Waals surface area contributed by atoms with Crippen LogP contribution in [0.3, 0.4) is 0 Å². The second kappa shape index (κ2) is 12.7. The minimum Gasteiger partial charge on any atom is -0.432 e. The molecular weight excluding hydrogens is 514 g/mol. The van der Waals surface area contributed by atoms with Crippen molar-refractivity contribution in [3.63, 3.8) is 0 Å². The van der Waals surface area contributed by atoms with Crippen molar-refractivity contribution in [3.05, 3.63) is 42.2 Å². The van der Waals surface area contributed by atoms with E-state index in [1.807, 2.05) is 19.2 Å². The van der Waals surface area contributed by atoms with Crippen LogP contribution in [0.2, 0.25) is 0 Å². The third-order valence-electron chi connectivity index (χ3n) is 8.23. The summed E-state index contributed by atoms with van der Waals surface area (Å²) in [6.45, 7) is 13.0. The minimum atomic E-state index is 0.279. The van der Waals surface area contributed by atoms with Crippen molar-refractivity contribution in [2.45, 2.75) is 33.6 Å². The molecule has 4 heterocycles. The van der Waals surface area contributed by atoms with Gasteiger partial charge in [0.05, 0.1) is 12.2 Å². The normalized spacial score (nSPS) is 21.7. The maximum atomic E-state index is 6.29. The lowest BCUT2D eigenvalue weighted by Crippen LogP contribution is -2.30. The number of anilines is 1. The van der Waals surface area contributed by atoms with Crippen LogP contribution in [0.15, 0.2) is 41.5 Å². The second-order valence-electron chi connectivity index (χ2n) is 11.9. The summed E-state index contributed by atoms with van der Waals surface area (Å²) < 4.78 is 11.9. The molecule has 2 atom stereocenters. The van der Waals surface area contributed by atoms with E-state index in [1.54, 1.807) is 7.05 Å². The van der Waals surface area contributed by atoms with Crippen LogP contribution in [-0.2, 0) is 4.74 Å². The van der Waals surface area contributed by atoms with Gasteiger partial charge in [0.25, 0.3) is 0 Å². The lowest BCUT2D eigenvalue weighted by molar-refractivity contribution is 0.158. The van der Waals surface area contributed by atoms with Crippen molar-refractivity contribution < 1.29 is 9.47 Å². The number of aliphatic imine (C=N–C) groups is 1. The number of nitrogens with zero attached hydrogens (tertiary/aromatic N) is 5. The van der Waals surface area contributed by atoms with Gasteiger partial charge in [-0.15, -0.1) is 0 Å². The molecule has 9 nitrogen and oxygen atoms in total. The Morgan fingerprint density at radius 2 is 2.17 bits per heavy atom. The maximum Gasteiger partial charge on any atom is 0.224 e. The minimum absolute atomic E-state index is 0.279. The summed E-state index contributed by atoms with van der Waals surface area (Å²) in [7, 11) is 6.22. The van der Waals surface area contributed by atoms with Crippen LogP contribution in [0, 0.1) is 11.3 Å². The van der Waals surface area contributed by atoms with Crippen LogP contribution in [0.4, 0.5) is 5.82 Å². The molecule has 2 aromatic heterocycles. The van der Waals surface area contributed by atoms with Crippen LogP contribution in [0.25, 0.3) is 27.9 Å². The first-order valence-electron chi connectivity index (χ1n) is 14.8. The van der Waals surface area contributed by atoms with E-state index < -0.39 is 0 Å². The summed E-state index contributed by atoms with van der Waals surface area (Å²) >= 11 is 0. The van der Waals surface area contributed by atoms with Gasteiger partial charge in [-0.05, 0) is 70.4 Å². The average molecular weight is 560 g/mol. The van der Waals surface area contributed by atoms with Gasteiger partial charge in [-0.1, -0.05) is 32.1 Å². The van der Waals surface area contributed by atoms with E-state index in [2.05, 4.69) is 77.3 Å². The smallest absolute Gasteiger partial charge is 0.224 e. The van der Waals surface area contributed by atoms with Gasteiger partial charge >= 0.3 is 0 Å². The van der Waals surface area contributed by atoms with Gasteiger partial charge in [-0.2, -0.15) is 0 Å². The van der Waals surface area contributed by atoms with Crippen molar-refractivity contribution in [3.8, 4) is 17.1 Å². The Hall–Kier alpha value is -3.27. The van der Waals surface area contributed by atoms with E-state index in [1.165, 1.54) is 25.9 Å². The highest BCUT2D eigenvalue weighted by atomic mass is 16.5. The zero-order chi connectivity index (χ0) is 29.0. The highest BCUT2D eigenvalue weighted by molar-refractivity contribution is 6.24. The Bertz CT molecular complexity index is 1410. The van der Waals surface area contributed by atoms with E-state index in [0.29, 0.717) is 48.5 Å². The van der Waals surface area contributed by atoms with Gasteiger partial charge < -0.3 is 29.6 Å². The first-order valence-corrected chi connectivity index (χ1v) is 14.8. The third-order valence-corrected chi connectivity index (χ3v) is 8.23. The molecular formula is C32H45N7O2. The molecule has 1 fully saturated rings. The van der Waals surface area contributed by atoms with Gasteiger partial charge in [0.2, 0.25) is 5.90 Å². The van der Waals surface area contributed by atoms with Crippen molar-refractivity contribution in [1.29, 1.82) is 0 Å². The number of likely N-dealkylation sites (tertiary alicyclic amines) is 1. The van der Waals surface area contributed by atoms with Gasteiger partial charge in [0, 0.05) is 56.0 Å². The molecule has 0 radical (unpaired) electrons. The maximum absolute atomic E-state index is 6.29. The fourth-order valence-corrected chi connectivity index (χ4v) is 6.06. The van der Waals surface area contributed by atoms with E-state index in [4.69, 9.17) is 19.4 Å². The van der Waals surface area contributed by atoms with Crippen LogP contribution >= 0.6 is 0 Å². The molecule has 9 heteroatoms. The van der Waals surface area contributed by atoms with Crippen LogP contribution < -0.4 is 10.1 Å². The van der Waals surface area contributed by atoms with E-state index in [0.717, 1.165) is 40.8 Å². The van der Waals surface area contributed by atoms with Crippen LogP contribution in [0.1, 0.15) is 39.3 Å². The van der Waals surface area contributed by atoms with Gasteiger partial charge in [-0.25, -0.2) is 9.97 Å². The van der Waals surface area contributed by atoms with Crippen LogP contribution in [-0.4, -0.2) is 97.7 Å². The topological polar surface area (TPSA) is 90.9 Å². The summed E-state index contributed by atoms with van der Waals surface area (Å²) in [5.74, 6) is 2.79. The van der Waals surface area contributed by atoms with Crippen molar-refractivity contribution >= 4 is 28.2 Å². The highest BCUT2D eigenvalue weighted by Crippen LogP contribution is 2.41. The monoisotopic (exact) mass is 559 g/mol. The summed E-state index contributed by atoms with van der Waals surface area (Å²) in [4.78, 5) is 22.7. The molecule has 41 heavy (non-hydrogen) atoms. The third kappa shape index (κ3) is 6.63. The van der Waals surface area contributed by atoms with E-state index in [9.17, 15) is 0 Å².